The molecule has 0 radical (unpaired) electrons. The van der Waals surface area contributed by atoms with E-state index in [1.807, 2.05) is 75.5 Å². The Morgan fingerprint density at radius 2 is 1.70 bits per heavy atom. The van der Waals surface area contributed by atoms with Gasteiger partial charge in [0.2, 0.25) is 23.6 Å². The molecule has 16 nitrogen and oxygen atoms in total. The average Bonchev–Trinajstić information content (AvgIpc) is 4.13. The number of β-amino-alcohol motifs (C(OH)–C–C–N with tert-alkyl or cyclic N) is 1. The Morgan fingerprint density at radius 1 is 0.958 bits per heavy atom. The number of pyridine rings is 1. The second kappa shape index (κ2) is 24.7. The number of anilines is 2. The number of hydrogen-bond donors (Lipinski definition) is 5. The van der Waals surface area contributed by atoms with Crippen molar-refractivity contribution in [3.8, 4) is 16.2 Å². The van der Waals surface area contributed by atoms with Crippen molar-refractivity contribution in [3.05, 3.63) is 106 Å². The number of nitrogens with one attached hydrogen (secondary N) is 4. The van der Waals surface area contributed by atoms with E-state index in [4.69, 9.17) is 30.8 Å². The van der Waals surface area contributed by atoms with E-state index >= 15 is 0 Å². The van der Waals surface area contributed by atoms with Gasteiger partial charge >= 0.3 is 0 Å². The number of hydrogen-bond acceptors (Lipinski definition) is 14. The van der Waals surface area contributed by atoms with Gasteiger partial charge in [0.25, 0.3) is 0 Å². The molecular formula is C51H62ClFN8O8S2. The highest BCUT2D eigenvalue weighted by molar-refractivity contribution is 7.13. The second-order valence-electron chi connectivity index (χ2n) is 19.0. The van der Waals surface area contributed by atoms with Crippen molar-refractivity contribution >= 4 is 68.9 Å². The number of aliphatic hydroxyl groups is 1. The van der Waals surface area contributed by atoms with Gasteiger partial charge < -0.3 is 45.5 Å². The maximum Gasteiger partial charge on any atom is 0.246 e. The molecule has 380 valence electrons. The zero-order valence-corrected chi connectivity index (χ0v) is 42.8. The van der Waals surface area contributed by atoms with Gasteiger partial charge in [0.05, 0.1) is 65.2 Å². The number of aromatic nitrogens is 3. The Balaban J connectivity index is 0.835. The molecule has 71 heavy (non-hydrogen) atoms. The first-order chi connectivity index (χ1) is 34.1. The molecule has 3 aromatic heterocycles. The van der Waals surface area contributed by atoms with Crippen molar-refractivity contribution < 1.29 is 42.9 Å². The summed E-state index contributed by atoms with van der Waals surface area (Å²) in [5, 5.41) is 25.2. The SMILES string of the molecule is Cc1ncsc1-c1ccc(CNC(=O)[C@@H]2C[C@@H](O)CN2C(=O)[C@@H](NC(=O)CCOCCOCCNC(=O)[C@]2(Cc3cccc(Nc4nccs4)n3)CC[C@@H](Oc3cccc(Cl)c3F)CC2)C(C)(C)C)cc1. The Bertz CT molecular complexity index is 2570. The van der Waals surface area contributed by atoms with Crippen LogP contribution in [0.1, 0.15) is 76.2 Å². The number of nitrogens with zero attached hydrogens (tertiary/aromatic N) is 4. The highest BCUT2D eigenvalue weighted by atomic mass is 35.5. The van der Waals surface area contributed by atoms with Crippen LogP contribution in [0, 0.1) is 23.6 Å². The summed E-state index contributed by atoms with van der Waals surface area (Å²) in [6.07, 6.45) is 2.95. The van der Waals surface area contributed by atoms with E-state index in [0.29, 0.717) is 43.1 Å². The lowest BCUT2D eigenvalue weighted by Crippen LogP contribution is -2.57. The van der Waals surface area contributed by atoms with Gasteiger partial charge in [-0.05, 0) is 73.4 Å². The van der Waals surface area contributed by atoms with Crippen molar-refractivity contribution in [1.82, 2.24) is 35.8 Å². The van der Waals surface area contributed by atoms with Crippen LogP contribution in [-0.2, 0) is 41.6 Å². The van der Waals surface area contributed by atoms with E-state index in [2.05, 4.69) is 31.2 Å². The van der Waals surface area contributed by atoms with Crippen molar-refractivity contribution in [1.29, 1.82) is 0 Å². The summed E-state index contributed by atoms with van der Waals surface area (Å²) in [6, 6.07) is 16.3. The molecule has 2 aromatic carbocycles. The molecule has 5 N–H and O–H groups in total. The van der Waals surface area contributed by atoms with Gasteiger partial charge in [-0.3, -0.25) is 19.2 Å². The molecule has 1 aliphatic carbocycles. The third-order valence-electron chi connectivity index (χ3n) is 12.7. The Kier molecular flexibility index (Phi) is 18.5. The third kappa shape index (κ3) is 14.5. The Morgan fingerprint density at radius 3 is 2.41 bits per heavy atom. The summed E-state index contributed by atoms with van der Waals surface area (Å²) in [6.45, 7) is 8.61. The zero-order chi connectivity index (χ0) is 50.5. The molecule has 5 aromatic rings. The summed E-state index contributed by atoms with van der Waals surface area (Å²) in [4.78, 5) is 70.6. The number of thiazole rings is 2. The predicted octanol–water partition coefficient (Wildman–Crippen LogP) is 7.41. The van der Waals surface area contributed by atoms with Crippen LogP contribution in [0.5, 0.6) is 5.75 Å². The summed E-state index contributed by atoms with van der Waals surface area (Å²) in [5.41, 5.74) is 3.91. The average molecular weight is 1030 g/mol. The number of halogens is 2. The van der Waals surface area contributed by atoms with Crippen LogP contribution in [-0.4, -0.2) is 112 Å². The van der Waals surface area contributed by atoms with E-state index in [1.54, 1.807) is 35.2 Å². The first kappa shape index (κ1) is 53.2. The van der Waals surface area contributed by atoms with Crippen molar-refractivity contribution in [2.24, 2.45) is 10.8 Å². The summed E-state index contributed by atoms with van der Waals surface area (Å²) >= 11 is 9.02. The van der Waals surface area contributed by atoms with Gasteiger partial charge in [-0.15, -0.1) is 22.7 Å². The van der Waals surface area contributed by atoms with E-state index in [1.165, 1.54) is 22.3 Å². The molecular weight excluding hydrogens is 971 g/mol. The van der Waals surface area contributed by atoms with Gasteiger partial charge in [0.15, 0.2) is 16.7 Å². The standard InChI is InChI=1S/C51H62ClFN8O8S2/c1-32-44(71-31-57-32)34-13-11-33(12-14-34)29-56-46(64)39-27-36(62)30-61(39)47(65)45(50(2,3)4)60-42(63)17-22-67-24-25-68-23-20-54-48(66)51(28-35-7-5-10-41(58-35)59-49-55-21-26-70-49)18-15-37(16-19-51)69-40-9-6-8-38(52)43(40)53/h5-14,21,26,31,36-37,39,45,62H,15-20,22-25,27-30H2,1-4H3,(H,54,66)(H,56,64)(H,60,63)(H,55,58,59)/t36-,37-,39+,45-,51-/m1/s1. The van der Waals surface area contributed by atoms with E-state index < -0.39 is 46.6 Å². The minimum Gasteiger partial charge on any atom is -0.487 e. The highest BCUT2D eigenvalue weighted by Crippen LogP contribution is 2.41. The van der Waals surface area contributed by atoms with E-state index in [-0.39, 0.29) is 87.6 Å². The van der Waals surface area contributed by atoms with Crippen LogP contribution in [0.4, 0.5) is 15.3 Å². The van der Waals surface area contributed by atoms with Crippen LogP contribution in [0.2, 0.25) is 5.02 Å². The molecule has 2 aliphatic rings. The van der Waals surface area contributed by atoms with Crippen molar-refractivity contribution in [2.45, 2.75) is 103 Å². The van der Waals surface area contributed by atoms with Gasteiger partial charge in [-0.2, -0.15) is 0 Å². The summed E-state index contributed by atoms with van der Waals surface area (Å²) in [5.74, 6) is -1.27. The smallest absolute Gasteiger partial charge is 0.246 e. The number of carbonyl (C=O) groups is 4. The van der Waals surface area contributed by atoms with Gasteiger partial charge in [0, 0.05) is 56.2 Å². The molecule has 4 amide bonds. The number of likely N-dealkylation sites (tertiary alicyclic amines) is 1. The quantitative estimate of drug-likeness (QED) is 0.0430. The van der Waals surface area contributed by atoms with Crippen LogP contribution < -0.4 is 26.0 Å². The number of carbonyl (C=O) groups excluding carboxylic acids is 4. The lowest BCUT2D eigenvalue weighted by molar-refractivity contribution is -0.144. The van der Waals surface area contributed by atoms with Crippen LogP contribution in [0.25, 0.3) is 10.4 Å². The summed E-state index contributed by atoms with van der Waals surface area (Å²) in [7, 11) is 0. The van der Waals surface area contributed by atoms with Crippen LogP contribution in [0.15, 0.2) is 77.8 Å². The number of amides is 4. The molecule has 7 rings (SSSR count). The Labute approximate surface area is 426 Å². The fourth-order valence-electron chi connectivity index (χ4n) is 8.81. The van der Waals surface area contributed by atoms with E-state index in [0.717, 1.165) is 27.4 Å². The number of aliphatic hydroxyl groups excluding tert-OH is 1. The minimum atomic E-state index is -0.967. The van der Waals surface area contributed by atoms with Crippen LogP contribution >= 0.6 is 34.3 Å². The first-order valence-electron chi connectivity index (χ1n) is 23.8. The lowest BCUT2D eigenvalue weighted by Gasteiger charge is -2.39. The topological polar surface area (TPSA) is 206 Å². The minimum absolute atomic E-state index is 0.0161. The molecule has 2 fully saturated rings. The molecule has 20 heteroatoms. The third-order valence-corrected chi connectivity index (χ3v) is 14.6. The molecule has 4 heterocycles. The second-order valence-corrected chi connectivity index (χ2v) is 21.1. The number of ether oxygens (including phenoxy) is 3. The number of benzene rings is 2. The maximum atomic E-state index is 14.7. The van der Waals surface area contributed by atoms with Gasteiger partial charge in [-0.25, -0.2) is 19.3 Å². The van der Waals surface area contributed by atoms with Gasteiger partial charge in [0.1, 0.15) is 17.9 Å². The fourth-order valence-corrected chi connectivity index (χ4v) is 10.3. The fraction of sp³-hybridized carbons (Fsp3) is 0.471. The molecule has 0 spiro atoms. The van der Waals surface area contributed by atoms with Gasteiger partial charge in [-0.1, -0.05) is 68.8 Å². The predicted molar refractivity (Wildman–Crippen MR) is 271 cm³/mol. The molecule has 0 unspecified atom stereocenters. The summed E-state index contributed by atoms with van der Waals surface area (Å²) < 4.78 is 32.2. The molecule has 1 saturated carbocycles. The van der Waals surface area contributed by atoms with Crippen molar-refractivity contribution in [2.75, 3.05) is 44.8 Å². The first-order valence-corrected chi connectivity index (χ1v) is 25.9. The molecule has 1 saturated heterocycles. The molecule has 0 bridgehead atoms. The van der Waals surface area contributed by atoms with Crippen LogP contribution in [0.3, 0.4) is 0 Å². The number of aryl methyl sites for hydroxylation is 1. The molecule has 3 atom stereocenters. The Hall–Kier alpha value is -5.57. The normalized spacial score (nSPS) is 19.5. The maximum absolute atomic E-state index is 14.7. The highest BCUT2D eigenvalue weighted by Gasteiger charge is 2.45. The zero-order valence-electron chi connectivity index (χ0n) is 40.4. The lowest BCUT2D eigenvalue weighted by atomic mass is 9.69. The molecule has 1 aliphatic heterocycles. The van der Waals surface area contributed by atoms with E-state index in [9.17, 15) is 28.7 Å². The number of rotatable bonds is 22. The monoisotopic (exact) mass is 1030 g/mol. The largest absolute Gasteiger partial charge is 0.487 e. The van der Waals surface area contributed by atoms with Crippen molar-refractivity contribution in [3.63, 3.8) is 0 Å².